The van der Waals surface area contributed by atoms with E-state index in [0.29, 0.717) is 17.3 Å². The number of hydrogen-bond donors (Lipinski definition) is 1. The lowest BCUT2D eigenvalue weighted by Gasteiger charge is -2.21. The maximum atomic E-state index is 12.9. The Morgan fingerprint density at radius 1 is 1.13 bits per heavy atom. The molecule has 0 aliphatic carbocycles. The molecule has 0 radical (unpaired) electrons. The van der Waals surface area contributed by atoms with Crippen LogP contribution in [0.4, 0.5) is 5.69 Å². The summed E-state index contributed by atoms with van der Waals surface area (Å²) in [5, 5.41) is 6.17. The molecule has 0 bridgehead atoms. The minimum atomic E-state index is -0.207. The topological polar surface area (TPSA) is 62.3 Å². The predicted octanol–water partition coefficient (Wildman–Crippen LogP) is 5.19. The molecular formula is C23H24ClN3O2S. The van der Waals surface area contributed by atoms with Crippen LogP contribution in [0.1, 0.15) is 24.6 Å². The molecule has 3 rings (SSSR count). The standard InChI is InChI=1S/C23H24ClN3O2S/c1-3-12-27(14-21(28)26-20-11-7-4-8-16(20)2)22(29)13-17-15-30-23(25-17)18-9-5-6-10-19(18)24/h4-11,15H,3,12-14H2,1-2H3,(H,26,28). The lowest BCUT2D eigenvalue weighted by atomic mass is 10.2. The van der Waals surface area contributed by atoms with Crippen LogP contribution in [-0.2, 0) is 16.0 Å². The van der Waals surface area contributed by atoms with E-state index < -0.39 is 0 Å². The van der Waals surface area contributed by atoms with Crippen molar-refractivity contribution in [3.05, 3.63) is 70.2 Å². The third kappa shape index (κ3) is 5.68. The predicted molar refractivity (Wildman–Crippen MR) is 123 cm³/mol. The van der Waals surface area contributed by atoms with Crippen LogP contribution in [0.5, 0.6) is 0 Å². The average Bonchev–Trinajstić information content (AvgIpc) is 3.18. The minimum Gasteiger partial charge on any atom is -0.333 e. The normalized spacial score (nSPS) is 10.6. The van der Waals surface area contributed by atoms with Crippen LogP contribution in [0.3, 0.4) is 0 Å². The fraction of sp³-hybridized carbons (Fsp3) is 0.261. The van der Waals surface area contributed by atoms with Gasteiger partial charge in [0.25, 0.3) is 0 Å². The van der Waals surface area contributed by atoms with Gasteiger partial charge in [-0.25, -0.2) is 4.98 Å². The molecule has 0 spiro atoms. The number of nitrogens with zero attached hydrogens (tertiary/aromatic N) is 2. The quantitative estimate of drug-likeness (QED) is 0.523. The lowest BCUT2D eigenvalue weighted by molar-refractivity contribution is -0.134. The second-order valence-electron chi connectivity index (χ2n) is 6.98. The number of aryl methyl sites for hydroxylation is 1. The van der Waals surface area contributed by atoms with Gasteiger partial charge in [0.15, 0.2) is 0 Å². The molecule has 1 N–H and O–H groups in total. The first-order chi connectivity index (χ1) is 14.5. The third-order valence-corrected chi connectivity index (χ3v) is 5.84. The molecule has 156 valence electrons. The molecule has 0 aliphatic heterocycles. The van der Waals surface area contributed by atoms with Crippen molar-refractivity contribution in [3.63, 3.8) is 0 Å². The van der Waals surface area contributed by atoms with Gasteiger partial charge in [-0.3, -0.25) is 9.59 Å². The fourth-order valence-corrected chi connectivity index (χ4v) is 4.19. The molecule has 0 fully saturated rings. The van der Waals surface area contributed by atoms with E-state index in [4.69, 9.17) is 11.6 Å². The van der Waals surface area contributed by atoms with Gasteiger partial charge in [-0.1, -0.05) is 54.9 Å². The summed E-state index contributed by atoms with van der Waals surface area (Å²) in [5.74, 6) is -0.325. The second-order valence-corrected chi connectivity index (χ2v) is 8.24. The molecule has 1 aromatic heterocycles. The van der Waals surface area contributed by atoms with E-state index in [9.17, 15) is 9.59 Å². The van der Waals surface area contributed by atoms with Gasteiger partial charge in [0.2, 0.25) is 11.8 Å². The number of carbonyl (C=O) groups excluding carboxylic acids is 2. The number of anilines is 1. The Kier molecular flexibility index (Phi) is 7.60. The van der Waals surface area contributed by atoms with E-state index in [1.54, 1.807) is 4.90 Å². The lowest BCUT2D eigenvalue weighted by Crippen LogP contribution is -2.39. The fourth-order valence-electron chi connectivity index (χ4n) is 3.05. The highest BCUT2D eigenvalue weighted by molar-refractivity contribution is 7.13. The Morgan fingerprint density at radius 2 is 1.87 bits per heavy atom. The number of halogens is 1. The molecule has 2 aromatic carbocycles. The summed E-state index contributed by atoms with van der Waals surface area (Å²) in [7, 11) is 0. The van der Waals surface area contributed by atoms with Gasteiger partial charge in [-0.05, 0) is 31.0 Å². The van der Waals surface area contributed by atoms with Crippen molar-refractivity contribution in [3.8, 4) is 10.6 Å². The minimum absolute atomic E-state index is 0.0164. The largest absolute Gasteiger partial charge is 0.333 e. The summed E-state index contributed by atoms with van der Waals surface area (Å²) in [4.78, 5) is 31.5. The van der Waals surface area contributed by atoms with Crippen LogP contribution in [0, 0.1) is 6.92 Å². The molecule has 2 amide bonds. The van der Waals surface area contributed by atoms with Crippen molar-refractivity contribution in [2.24, 2.45) is 0 Å². The second kappa shape index (κ2) is 10.4. The summed E-state index contributed by atoms with van der Waals surface area (Å²) in [5.41, 5.74) is 3.27. The molecule has 0 saturated carbocycles. The molecule has 7 heteroatoms. The number of benzene rings is 2. The highest BCUT2D eigenvalue weighted by Crippen LogP contribution is 2.30. The Balaban J connectivity index is 1.65. The zero-order valence-electron chi connectivity index (χ0n) is 17.0. The number of thiazole rings is 1. The molecule has 3 aromatic rings. The van der Waals surface area contributed by atoms with Gasteiger partial charge in [0, 0.05) is 23.2 Å². The highest BCUT2D eigenvalue weighted by Gasteiger charge is 2.19. The van der Waals surface area contributed by atoms with Gasteiger partial charge in [-0.15, -0.1) is 11.3 Å². The summed E-state index contributed by atoms with van der Waals surface area (Å²) < 4.78 is 0. The maximum absolute atomic E-state index is 12.9. The maximum Gasteiger partial charge on any atom is 0.244 e. The number of aromatic nitrogens is 1. The Bertz CT molecular complexity index is 1030. The zero-order valence-corrected chi connectivity index (χ0v) is 18.6. The van der Waals surface area contributed by atoms with Gasteiger partial charge in [0.1, 0.15) is 5.01 Å². The van der Waals surface area contributed by atoms with Crippen LogP contribution < -0.4 is 5.32 Å². The van der Waals surface area contributed by atoms with E-state index in [-0.39, 0.29) is 24.8 Å². The number of hydrogen-bond acceptors (Lipinski definition) is 4. The van der Waals surface area contributed by atoms with Crippen molar-refractivity contribution in [1.29, 1.82) is 0 Å². The van der Waals surface area contributed by atoms with Crippen LogP contribution in [-0.4, -0.2) is 34.8 Å². The first-order valence-corrected chi connectivity index (χ1v) is 11.1. The van der Waals surface area contributed by atoms with Crippen LogP contribution in [0.2, 0.25) is 5.02 Å². The number of carbonyl (C=O) groups is 2. The smallest absolute Gasteiger partial charge is 0.244 e. The number of para-hydroxylation sites is 1. The van der Waals surface area contributed by atoms with E-state index >= 15 is 0 Å². The van der Waals surface area contributed by atoms with Crippen LogP contribution >= 0.6 is 22.9 Å². The van der Waals surface area contributed by atoms with E-state index in [0.717, 1.165) is 28.2 Å². The van der Waals surface area contributed by atoms with Gasteiger partial charge < -0.3 is 10.2 Å². The van der Waals surface area contributed by atoms with E-state index in [2.05, 4.69) is 10.3 Å². The van der Waals surface area contributed by atoms with Gasteiger partial charge in [0.05, 0.1) is 23.7 Å². The van der Waals surface area contributed by atoms with Gasteiger partial charge >= 0.3 is 0 Å². The Morgan fingerprint density at radius 3 is 2.60 bits per heavy atom. The molecule has 0 unspecified atom stereocenters. The molecule has 0 atom stereocenters. The first kappa shape index (κ1) is 22.0. The SMILES string of the molecule is CCCN(CC(=O)Nc1ccccc1C)C(=O)Cc1csc(-c2ccccc2Cl)n1. The zero-order chi connectivity index (χ0) is 21.5. The Hall–Kier alpha value is -2.70. The summed E-state index contributed by atoms with van der Waals surface area (Å²) in [6, 6.07) is 15.1. The number of amides is 2. The van der Waals surface area contributed by atoms with Crippen molar-refractivity contribution in [2.75, 3.05) is 18.4 Å². The van der Waals surface area contributed by atoms with E-state index in [1.165, 1.54) is 11.3 Å². The molecular weight excluding hydrogens is 418 g/mol. The highest BCUT2D eigenvalue weighted by atomic mass is 35.5. The molecule has 0 aliphatic rings. The van der Waals surface area contributed by atoms with Crippen molar-refractivity contribution >= 4 is 40.4 Å². The monoisotopic (exact) mass is 441 g/mol. The van der Waals surface area contributed by atoms with Crippen molar-refractivity contribution in [2.45, 2.75) is 26.7 Å². The molecule has 1 heterocycles. The summed E-state index contributed by atoms with van der Waals surface area (Å²) in [6.45, 7) is 4.45. The summed E-state index contributed by atoms with van der Waals surface area (Å²) >= 11 is 7.70. The van der Waals surface area contributed by atoms with Crippen molar-refractivity contribution < 1.29 is 9.59 Å². The van der Waals surface area contributed by atoms with Crippen molar-refractivity contribution in [1.82, 2.24) is 9.88 Å². The van der Waals surface area contributed by atoms with Crippen LogP contribution in [0.15, 0.2) is 53.9 Å². The number of rotatable bonds is 8. The Labute approximate surface area is 185 Å². The first-order valence-electron chi connectivity index (χ1n) is 9.80. The molecule has 30 heavy (non-hydrogen) atoms. The van der Waals surface area contributed by atoms with E-state index in [1.807, 2.05) is 67.8 Å². The third-order valence-electron chi connectivity index (χ3n) is 4.59. The van der Waals surface area contributed by atoms with Gasteiger partial charge in [-0.2, -0.15) is 0 Å². The van der Waals surface area contributed by atoms with Crippen LogP contribution in [0.25, 0.3) is 10.6 Å². The number of nitrogens with one attached hydrogen (secondary N) is 1. The summed E-state index contributed by atoms with van der Waals surface area (Å²) in [6.07, 6.45) is 0.921. The molecule has 5 nitrogen and oxygen atoms in total. The molecule has 0 saturated heterocycles. The average molecular weight is 442 g/mol.